The lowest BCUT2D eigenvalue weighted by molar-refractivity contribution is 0.672. The monoisotopic (exact) mass is 326 g/mol. The zero-order chi connectivity index (χ0) is 17.2. The minimum Gasteiger partial charge on any atom is -0.368 e. The molecule has 23 heavy (non-hydrogen) atoms. The Hall–Kier alpha value is -3.06. The Morgan fingerprint density at radius 2 is 1.30 bits per heavy atom. The Bertz CT molecular complexity index is 680. The Labute approximate surface area is 128 Å². The Kier molecular flexibility index (Phi) is 7.09. The van der Waals surface area contributed by atoms with Crippen molar-refractivity contribution in [2.75, 3.05) is 31.1 Å². The second kappa shape index (κ2) is 9.06. The van der Waals surface area contributed by atoms with E-state index in [0.29, 0.717) is 18.8 Å². The average Bonchev–Trinajstić information content (AvgIpc) is 2.42. The number of hydrogen-bond donors (Lipinski definition) is 7. The maximum absolute atomic E-state index is 10.2. The highest BCUT2D eigenvalue weighted by atomic mass is 16.2. The first-order valence-corrected chi connectivity index (χ1v) is 6.50. The van der Waals surface area contributed by atoms with E-state index in [4.69, 9.17) is 17.2 Å². The number of nitrogens with zero attached hydrogens (tertiary/aromatic N) is 3. The van der Waals surface area contributed by atoms with E-state index in [-0.39, 0.29) is 11.9 Å². The van der Waals surface area contributed by atoms with Gasteiger partial charge in [-0.1, -0.05) is 0 Å². The number of rotatable bonds is 5. The summed E-state index contributed by atoms with van der Waals surface area (Å²) in [6, 6.07) is 0. The van der Waals surface area contributed by atoms with Gasteiger partial charge in [0.05, 0.1) is 0 Å². The first-order chi connectivity index (χ1) is 10.9. The minimum absolute atomic E-state index is 0.159. The Morgan fingerprint density at radius 3 is 1.74 bits per heavy atom. The highest BCUT2D eigenvalue weighted by Crippen LogP contribution is 1.98. The zero-order valence-corrected chi connectivity index (χ0v) is 12.1. The molecule has 0 saturated carbocycles. The molecule has 2 aromatic rings. The van der Waals surface area contributed by atoms with Crippen LogP contribution in [0.5, 0.6) is 0 Å². The Morgan fingerprint density at radius 1 is 0.826 bits per heavy atom. The topological polar surface area (TPSA) is 227 Å². The van der Waals surface area contributed by atoms with Crippen molar-refractivity contribution >= 4 is 11.9 Å². The molecular formula is C10H18N10O3. The van der Waals surface area contributed by atoms with E-state index in [1.807, 2.05) is 0 Å². The fourth-order valence-corrected chi connectivity index (χ4v) is 1.40. The number of nitrogen functional groups attached to an aromatic ring is 2. The molecule has 0 aliphatic rings. The second-order valence-electron chi connectivity index (χ2n) is 4.12. The van der Waals surface area contributed by atoms with E-state index >= 15 is 0 Å². The van der Waals surface area contributed by atoms with E-state index in [0.717, 1.165) is 13.1 Å². The number of hydrogen-bond acceptors (Lipinski definition) is 10. The maximum atomic E-state index is 10.2. The molecule has 10 N–H and O–H groups in total. The van der Waals surface area contributed by atoms with Crippen LogP contribution < -0.4 is 39.6 Å². The Balaban J connectivity index is 0.000000253. The van der Waals surface area contributed by atoms with Gasteiger partial charge in [0.2, 0.25) is 11.9 Å². The van der Waals surface area contributed by atoms with Crippen LogP contribution in [0.3, 0.4) is 0 Å². The summed E-state index contributed by atoms with van der Waals surface area (Å²) < 4.78 is 0. The number of aromatic amines is 3. The molecule has 0 bridgehead atoms. The molecule has 0 aromatic carbocycles. The van der Waals surface area contributed by atoms with E-state index in [1.165, 1.54) is 0 Å². The molecule has 0 saturated heterocycles. The van der Waals surface area contributed by atoms with Gasteiger partial charge in [-0.2, -0.15) is 15.0 Å². The molecule has 0 fully saturated rings. The molecular weight excluding hydrogens is 308 g/mol. The lowest BCUT2D eigenvalue weighted by Crippen LogP contribution is -2.34. The van der Waals surface area contributed by atoms with Crippen LogP contribution in [0.25, 0.3) is 0 Å². The molecule has 0 spiro atoms. The minimum atomic E-state index is -0.802. The summed E-state index contributed by atoms with van der Waals surface area (Å²) in [5.41, 5.74) is 13.7. The number of nitrogens with one attached hydrogen (secondary N) is 4. The summed E-state index contributed by atoms with van der Waals surface area (Å²) in [6.07, 6.45) is 0.664. The lowest BCUT2D eigenvalue weighted by atomic mass is 10.4. The molecule has 126 valence electrons. The van der Waals surface area contributed by atoms with Gasteiger partial charge in [-0.15, -0.1) is 0 Å². The third-order valence-electron chi connectivity index (χ3n) is 2.24. The zero-order valence-electron chi connectivity index (χ0n) is 12.1. The molecule has 0 unspecified atom stereocenters. The van der Waals surface area contributed by atoms with Gasteiger partial charge in [-0.05, 0) is 0 Å². The van der Waals surface area contributed by atoms with Crippen molar-refractivity contribution < 1.29 is 0 Å². The normalized spacial score (nSPS) is 9.96. The summed E-state index contributed by atoms with van der Waals surface area (Å²) in [7, 11) is 0. The van der Waals surface area contributed by atoms with Gasteiger partial charge in [-0.3, -0.25) is 15.0 Å². The van der Waals surface area contributed by atoms with E-state index in [9.17, 15) is 14.4 Å². The first-order valence-electron chi connectivity index (χ1n) is 6.50. The number of nitrogens with two attached hydrogens (primary N) is 3. The predicted octanol–water partition coefficient (Wildman–Crippen LogP) is -4.12. The SMILES string of the molecule is NCCNCCc1nc(N)nc(N)n1.O=c1[nH]c(=O)[nH]c(=O)[nH]1. The van der Waals surface area contributed by atoms with Gasteiger partial charge in [0.1, 0.15) is 5.82 Å². The van der Waals surface area contributed by atoms with Crippen molar-refractivity contribution in [2.45, 2.75) is 6.42 Å². The van der Waals surface area contributed by atoms with Crippen LogP contribution >= 0.6 is 0 Å². The second-order valence-corrected chi connectivity index (χ2v) is 4.12. The van der Waals surface area contributed by atoms with Gasteiger partial charge < -0.3 is 22.5 Å². The van der Waals surface area contributed by atoms with Crippen LogP contribution in [0.4, 0.5) is 11.9 Å². The molecule has 0 radical (unpaired) electrons. The van der Waals surface area contributed by atoms with Crippen molar-refractivity contribution in [3.05, 3.63) is 37.3 Å². The van der Waals surface area contributed by atoms with Gasteiger partial charge >= 0.3 is 17.1 Å². The van der Waals surface area contributed by atoms with E-state index in [2.05, 4.69) is 20.3 Å². The third-order valence-corrected chi connectivity index (χ3v) is 2.24. The summed E-state index contributed by atoms with van der Waals surface area (Å²) in [6.45, 7) is 2.14. The molecule has 0 atom stereocenters. The van der Waals surface area contributed by atoms with Crippen LogP contribution in [0.2, 0.25) is 0 Å². The highest BCUT2D eigenvalue weighted by molar-refractivity contribution is 5.25. The van der Waals surface area contributed by atoms with Crippen LogP contribution in [-0.4, -0.2) is 49.5 Å². The molecule has 13 heteroatoms. The van der Waals surface area contributed by atoms with Crippen LogP contribution in [0.1, 0.15) is 5.82 Å². The largest absolute Gasteiger partial charge is 0.368 e. The number of H-pyrrole nitrogens is 3. The van der Waals surface area contributed by atoms with Crippen LogP contribution in [0, 0.1) is 0 Å². The van der Waals surface area contributed by atoms with Crippen LogP contribution in [-0.2, 0) is 6.42 Å². The van der Waals surface area contributed by atoms with Crippen molar-refractivity contribution in [2.24, 2.45) is 5.73 Å². The fourth-order valence-electron chi connectivity index (χ4n) is 1.40. The predicted molar refractivity (Wildman–Crippen MR) is 82.6 cm³/mol. The average molecular weight is 326 g/mol. The van der Waals surface area contributed by atoms with E-state index < -0.39 is 17.1 Å². The van der Waals surface area contributed by atoms with E-state index in [1.54, 1.807) is 15.0 Å². The summed E-state index contributed by atoms with van der Waals surface area (Å²) >= 11 is 0. The summed E-state index contributed by atoms with van der Waals surface area (Å²) in [5, 5.41) is 3.12. The smallest absolute Gasteiger partial charge is 0.330 e. The third kappa shape index (κ3) is 7.49. The van der Waals surface area contributed by atoms with Gasteiger partial charge in [0.15, 0.2) is 0 Å². The number of anilines is 2. The molecule has 0 aliphatic carbocycles. The van der Waals surface area contributed by atoms with Gasteiger partial charge in [-0.25, -0.2) is 14.4 Å². The van der Waals surface area contributed by atoms with Crippen molar-refractivity contribution in [1.82, 2.24) is 35.2 Å². The van der Waals surface area contributed by atoms with Crippen molar-refractivity contribution in [3.63, 3.8) is 0 Å². The van der Waals surface area contributed by atoms with Crippen LogP contribution in [0.15, 0.2) is 14.4 Å². The van der Waals surface area contributed by atoms with Gasteiger partial charge in [0.25, 0.3) is 0 Å². The number of aromatic nitrogens is 6. The highest BCUT2D eigenvalue weighted by Gasteiger charge is 2.00. The molecule has 13 nitrogen and oxygen atoms in total. The lowest BCUT2D eigenvalue weighted by Gasteiger charge is -2.03. The molecule has 2 heterocycles. The fraction of sp³-hybridized carbons (Fsp3) is 0.400. The van der Waals surface area contributed by atoms with Crippen molar-refractivity contribution in [3.8, 4) is 0 Å². The standard InChI is InChI=1S/C7H15N7.C3H3N3O3/c8-2-4-11-3-1-5-12-6(9)14-7(10)13-5;7-1-4-2(8)6-3(9)5-1/h11H,1-4,8H2,(H4,9,10,12,13,14);(H3,4,5,6,7,8,9). The molecule has 0 amide bonds. The van der Waals surface area contributed by atoms with Crippen molar-refractivity contribution in [1.29, 1.82) is 0 Å². The van der Waals surface area contributed by atoms with Gasteiger partial charge in [0, 0.05) is 26.1 Å². The molecule has 2 rings (SSSR count). The molecule has 0 aliphatic heterocycles. The molecule has 2 aromatic heterocycles. The summed E-state index contributed by atoms with van der Waals surface area (Å²) in [5.74, 6) is 0.914. The summed E-state index contributed by atoms with van der Waals surface area (Å²) in [4.78, 5) is 47.4. The maximum Gasteiger partial charge on any atom is 0.330 e. The quantitative estimate of drug-likeness (QED) is 0.262. The first kappa shape index (κ1) is 18.0.